The molecule has 0 spiro atoms. The van der Waals surface area contributed by atoms with E-state index in [1.54, 1.807) is 18.3 Å². The molecular formula is C14H13Cl2N3OS. The van der Waals surface area contributed by atoms with Gasteiger partial charge in [0.25, 0.3) is 0 Å². The van der Waals surface area contributed by atoms with Crippen LogP contribution in [0.2, 0.25) is 10.0 Å². The summed E-state index contributed by atoms with van der Waals surface area (Å²) in [6.07, 6.45) is 3.82. The highest BCUT2D eigenvalue weighted by atomic mass is 35.5. The predicted molar refractivity (Wildman–Crippen MR) is 86.2 cm³/mol. The minimum absolute atomic E-state index is 0.163. The van der Waals surface area contributed by atoms with Crippen molar-refractivity contribution in [3.63, 3.8) is 0 Å². The Morgan fingerprint density at radius 3 is 2.90 bits per heavy atom. The summed E-state index contributed by atoms with van der Waals surface area (Å²) in [5, 5.41) is 4.63. The fraction of sp³-hybridized carbons (Fsp3) is 0.286. The van der Waals surface area contributed by atoms with Gasteiger partial charge in [0.1, 0.15) is 0 Å². The Morgan fingerprint density at radius 2 is 2.19 bits per heavy atom. The van der Waals surface area contributed by atoms with Crippen molar-refractivity contribution in [3.05, 3.63) is 44.9 Å². The maximum absolute atomic E-state index is 11.9. The molecule has 0 unspecified atom stereocenters. The SMILES string of the molecule is NC1(C(=O)Nc2ncc(Cc3cc(Cl)ccc3Cl)s2)CC1. The number of carbonyl (C=O) groups is 1. The first-order chi connectivity index (χ1) is 9.96. The lowest BCUT2D eigenvalue weighted by Gasteiger charge is -2.06. The number of nitrogens with one attached hydrogen (secondary N) is 1. The molecule has 7 heteroatoms. The summed E-state index contributed by atoms with van der Waals surface area (Å²) in [5.74, 6) is -0.163. The van der Waals surface area contributed by atoms with Crippen molar-refractivity contribution < 1.29 is 4.79 Å². The minimum Gasteiger partial charge on any atom is -0.317 e. The zero-order chi connectivity index (χ0) is 15.0. The van der Waals surface area contributed by atoms with E-state index >= 15 is 0 Å². The average Bonchev–Trinajstić information content (AvgIpc) is 3.04. The first-order valence-electron chi connectivity index (χ1n) is 6.45. The minimum atomic E-state index is -0.692. The van der Waals surface area contributed by atoms with Gasteiger partial charge >= 0.3 is 0 Å². The van der Waals surface area contributed by atoms with E-state index in [0.29, 0.717) is 21.6 Å². The Labute approximate surface area is 136 Å². The standard InChI is InChI=1S/C14H13Cl2N3OS/c15-9-1-2-11(16)8(5-9)6-10-7-18-13(21-10)19-12(20)14(17)3-4-14/h1-2,5,7H,3-4,6,17H2,(H,18,19,20). The van der Waals surface area contributed by atoms with Gasteiger partial charge in [0.15, 0.2) is 5.13 Å². The molecule has 4 nitrogen and oxygen atoms in total. The number of hydrogen-bond donors (Lipinski definition) is 2. The van der Waals surface area contributed by atoms with Crippen molar-refractivity contribution in [1.82, 2.24) is 4.98 Å². The fourth-order valence-electron chi connectivity index (χ4n) is 1.90. The van der Waals surface area contributed by atoms with Crippen molar-refractivity contribution in [3.8, 4) is 0 Å². The van der Waals surface area contributed by atoms with Crippen LogP contribution in [0.25, 0.3) is 0 Å². The van der Waals surface area contributed by atoms with Crippen molar-refractivity contribution >= 4 is 45.6 Å². The van der Waals surface area contributed by atoms with Crippen LogP contribution in [0.1, 0.15) is 23.3 Å². The zero-order valence-electron chi connectivity index (χ0n) is 11.0. The van der Waals surface area contributed by atoms with Gasteiger partial charge in [-0.1, -0.05) is 23.2 Å². The molecule has 1 fully saturated rings. The van der Waals surface area contributed by atoms with Gasteiger partial charge in [0.2, 0.25) is 5.91 Å². The molecule has 1 heterocycles. The van der Waals surface area contributed by atoms with Crippen LogP contribution in [-0.4, -0.2) is 16.4 Å². The molecule has 110 valence electrons. The topological polar surface area (TPSA) is 68.0 Å². The van der Waals surface area contributed by atoms with Gasteiger partial charge in [0.05, 0.1) is 5.54 Å². The number of aromatic nitrogens is 1. The molecule has 0 aliphatic heterocycles. The Bertz CT molecular complexity index is 697. The van der Waals surface area contributed by atoms with Crippen LogP contribution in [-0.2, 0) is 11.2 Å². The molecule has 2 aromatic rings. The second-order valence-electron chi connectivity index (χ2n) is 5.15. The third-order valence-electron chi connectivity index (χ3n) is 3.39. The largest absolute Gasteiger partial charge is 0.317 e. The molecule has 1 aromatic carbocycles. The van der Waals surface area contributed by atoms with Crippen LogP contribution in [0, 0.1) is 0 Å². The number of benzene rings is 1. The van der Waals surface area contributed by atoms with Gasteiger partial charge in [0, 0.05) is 27.5 Å². The number of halogens is 2. The van der Waals surface area contributed by atoms with E-state index in [2.05, 4.69) is 10.3 Å². The lowest BCUT2D eigenvalue weighted by atomic mass is 10.1. The first kappa shape index (κ1) is 14.8. The molecule has 1 saturated carbocycles. The van der Waals surface area contributed by atoms with Crippen LogP contribution < -0.4 is 11.1 Å². The highest BCUT2D eigenvalue weighted by molar-refractivity contribution is 7.15. The second-order valence-corrected chi connectivity index (χ2v) is 7.11. The number of hydrogen-bond acceptors (Lipinski definition) is 4. The fourth-order valence-corrected chi connectivity index (χ4v) is 3.11. The van der Waals surface area contributed by atoms with Gasteiger partial charge in [-0.15, -0.1) is 11.3 Å². The van der Waals surface area contributed by atoms with E-state index in [9.17, 15) is 4.79 Å². The Balaban J connectivity index is 1.70. The molecule has 1 amide bonds. The number of nitrogens with two attached hydrogens (primary N) is 1. The van der Waals surface area contributed by atoms with E-state index in [0.717, 1.165) is 23.3 Å². The van der Waals surface area contributed by atoms with Crippen LogP contribution in [0.15, 0.2) is 24.4 Å². The summed E-state index contributed by atoms with van der Waals surface area (Å²) in [7, 11) is 0. The molecule has 21 heavy (non-hydrogen) atoms. The van der Waals surface area contributed by atoms with Gasteiger partial charge in [-0.2, -0.15) is 0 Å². The van der Waals surface area contributed by atoms with Crippen LogP contribution >= 0.6 is 34.5 Å². The number of thiazole rings is 1. The van der Waals surface area contributed by atoms with Gasteiger partial charge in [-0.25, -0.2) is 4.98 Å². The highest BCUT2D eigenvalue weighted by Gasteiger charge is 2.46. The summed E-state index contributed by atoms with van der Waals surface area (Å²) in [5.41, 5.74) is 6.08. The normalized spacial score (nSPS) is 15.8. The van der Waals surface area contributed by atoms with Crippen LogP contribution in [0.5, 0.6) is 0 Å². The van der Waals surface area contributed by atoms with Gasteiger partial charge in [-0.05, 0) is 36.6 Å². The van der Waals surface area contributed by atoms with E-state index in [-0.39, 0.29) is 5.91 Å². The van der Waals surface area contributed by atoms with E-state index < -0.39 is 5.54 Å². The molecule has 1 aliphatic carbocycles. The number of carbonyl (C=O) groups excluding carboxylic acids is 1. The number of anilines is 1. The Morgan fingerprint density at radius 1 is 1.43 bits per heavy atom. The summed E-state index contributed by atoms with van der Waals surface area (Å²) >= 11 is 13.5. The molecule has 3 rings (SSSR count). The quantitative estimate of drug-likeness (QED) is 0.894. The van der Waals surface area contributed by atoms with Gasteiger partial charge < -0.3 is 11.1 Å². The third kappa shape index (κ3) is 3.37. The molecule has 0 bridgehead atoms. The highest BCUT2D eigenvalue weighted by Crippen LogP contribution is 2.34. The molecule has 1 aliphatic rings. The average molecular weight is 342 g/mol. The maximum atomic E-state index is 11.9. The smallest absolute Gasteiger partial charge is 0.246 e. The molecule has 0 saturated heterocycles. The van der Waals surface area contributed by atoms with Crippen molar-refractivity contribution in [2.45, 2.75) is 24.8 Å². The number of rotatable bonds is 4. The molecule has 1 aromatic heterocycles. The molecule has 0 atom stereocenters. The van der Waals surface area contributed by atoms with Crippen molar-refractivity contribution in [1.29, 1.82) is 0 Å². The first-order valence-corrected chi connectivity index (χ1v) is 8.02. The van der Waals surface area contributed by atoms with Crippen LogP contribution in [0.4, 0.5) is 5.13 Å². The second kappa shape index (κ2) is 5.57. The number of amides is 1. The van der Waals surface area contributed by atoms with E-state index in [1.807, 2.05) is 6.07 Å². The Hall–Kier alpha value is -1.14. The third-order valence-corrected chi connectivity index (χ3v) is 4.90. The summed E-state index contributed by atoms with van der Waals surface area (Å²) in [6.45, 7) is 0. The maximum Gasteiger partial charge on any atom is 0.246 e. The monoisotopic (exact) mass is 341 g/mol. The van der Waals surface area contributed by atoms with Crippen LogP contribution in [0.3, 0.4) is 0 Å². The van der Waals surface area contributed by atoms with Crippen molar-refractivity contribution in [2.75, 3.05) is 5.32 Å². The number of nitrogens with zero attached hydrogens (tertiary/aromatic N) is 1. The predicted octanol–water partition coefficient (Wildman–Crippen LogP) is 3.47. The lowest BCUT2D eigenvalue weighted by Crippen LogP contribution is -2.37. The molecular weight excluding hydrogens is 329 g/mol. The summed E-state index contributed by atoms with van der Waals surface area (Å²) < 4.78 is 0. The summed E-state index contributed by atoms with van der Waals surface area (Å²) in [6, 6.07) is 5.36. The van der Waals surface area contributed by atoms with Gasteiger partial charge in [-0.3, -0.25) is 4.79 Å². The lowest BCUT2D eigenvalue weighted by molar-refractivity contribution is -0.118. The molecule has 0 radical (unpaired) electrons. The Kier molecular flexibility index (Phi) is 3.92. The molecule has 3 N–H and O–H groups in total. The van der Waals surface area contributed by atoms with E-state index in [4.69, 9.17) is 28.9 Å². The van der Waals surface area contributed by atoms with E-state index in [1.165, 1.54) is 11.3 Å². The zero-order valence-corrected chi connectivity index (χ0v) is 13.4. The summed E-state index contributed by atoms with van der Waals surface area (Å²) in [4.78, 5) is 17.1. The van der Waals surface area contributed by atoms with Crippen molar-refractivity contribution in [2.24, 2.45) is 5.73 Å².